The van der Waals surface area contributed by atoms with Gasteiger partial charge in [0.1, 0.15) is 6.33 Å². The van der Waals surface area contributed by atoms with E-state index in [1.54, 1.807) is 16.8 Å². The van der Waals surface area contributed by atoms with Crippen molar-refractivity contribution in [2.24, 2.45) is 5.92 Å². The second-order valence-corrected chi connectivity index (χ2v) is 7.45. The van der Waals surface area contributed by atoms with Crippen molar-refractivity contribution in [3.05, 3.63) is 36.2 Å². The maximum absolute atomic E-state index is 12.9. The average molecular weight is 383 g/mol. The SMILES string of the molecule is O=C(NCC1CCCN(C(=O)c2ccc(-n3cnnn3)cc2)C1)C1CCCN1. The van der Waals surface area contributed by atoms with E-state index in [0.29, 0.717) is 24.6 Å². The molecule has 0 bridgehead atoms. The Hall–Kier alpha value is -2.81. The number of benzene rings is 1. The van der Waals surface area contributed by atoms with E-state index in [9.17, 15) is 9.59 Å². The van der Waals surface area contributed by atoms with Crippen LogP contribution < -0.4 is 10.6 Å². The van der Waals surface area contributed by atoms with Gasteiger partial charge < -0.3 is 15.5 Å². The first-order valence-electron chi connectivity index (χ1n) is 9.84. The van der Waals surface area contributed by atoms with Crippen LogP contribution in [0, 0.1) is 5.92 Å². The van der Waals surface area contributed by atoms with Crippen molar-refractivity contribution in [1.29, 1.82) is 0 Å². The molecule has 3 heterocycles. The van der Waals surface area contributed by atoms with Gasteiger partial charge in [-0.05, 0) is 72.8 Å². The fourth-order valence-electron chi connectivity index (χ4n) is 3.91. The fourth-order valence-corrected chi connectivity index (χ4v) is 3.91. The lowest BCUT2D eigenvalue weighted by Gasteiger charge is -2.33. The third kappa shape index (κ3) is 4.19. The van der Waals surface area contributed by atoms with Gasteiger partial charge in [0.25, 0.3) is 5.91 Å². The molecule has 0 radical (unpaired) electrons. The Balaban J connectivity index is 1.32. The van der Waals surface area contributed by atoms with Gasteiger partial charge >= 0.3 is 0 Å². The quantitative estimate of drug-likeness (QED) is 0.774. The molecular weight excluding hydrogens is 358 g/mol. The van der Waals surface area contributed by atoms with E-state index in [2.05, 4.69) is 26.2 Å². The Kier molecular flexibility index (Phi) is 5.61. The van der Waals surface area contributed by atoms with Crippen LogP contribution in [-0.2, 0) is 4.79 Å². The number of aromatic nitrogens is 4. The normalized spacial score (nSPS) is 22.2. The van der Waals surface area contributed by atoms with Crippen LogP contribution in [0.3, 0.4) is 0 Å². The number of carbonyl (C=O) groups excluding carboxylic acids is 2. The largest absolute Gasteiger partial charge is 0.354 e. The highest BCUT2D eigenvalue weighted by Crippen LogP contribution is 2.19. The standard InChI is InChI=1S/C19H25N7O2/c27-18(17-4-1-9-20-17)21-11-14-3-2-10-25(12-14)19(28)15-5-7-16(8-6-15)26-13-22-23-24-26/h5-8,13-14,17,20H,1-4,9-12H2,(H,21,27). The highest BCUT2D eigenvalue weighted by Gasteiger charge is 2.26. The van der Waals surface area contributed by atoms with Crippen molar-refractivity contribution in [3.8, 4) is 5.69 Å². The summed E-state index contributed by atoms with van der Waals surface area (Å²) in [6.07, 6.45) is 5.45. The minimum absolute atomic E-state index is 0.0248. The third-order valence-corrected chi connectivity index (χ3v) is 5.48. The molecular formula is C19H25N7O2. The van der Waals surface area contributed by atoms with E-state index in [-0.39, 0.29) is 17.9 Å². The molecule has 2 aliphatic heterocycles. The molecule has 2 unspecified atom stereocenters. The van der Waals surface area contributed by atoms with Crippen LogP contribution in [0.15, 0.2) is 30.6 Å². The molecule has 28 heavy (non-hydrogen) atoms. The number of amides is 2. The van der Waals surface area contributed by atoms with E-state index >= 15 is 0 Å². The molecule has 0 saturated carbocycles. The van der Waals surface area contributed by atoms with Gasteiger partial charge in [0.05, 0.1) is 11.7 Å². The Labute approximate surface area is 163 Å². The lowest BCUT2D eigenvalue weighted by atomic mass is 9.97. The number of rotatable bonds is 5. The molecule has 1 aromatic heterocycles. The minimum Gasteiger partial charge on any atom is -0.354 e. The van der Waals surface area contributed by atoms with E-state index in [0.717, 1.165) is 44.5 Å². The molecule has 2 aliphatic rings. The number of nitrogens with one attached hydrogen (secondary N) is 2. The number of carbonyl (C=O) groups is 2. The van der Waals surface area contributed by atoms with Gasteiger partial charge in [-0.25, -0.2) is 4.68 Å². The molecule has 0 spiro atoms. The summed E-state index contributed by atoms with van der Waals surface area (Å²) in [6, 6.07) is 7.21. The molecule has 9 heteroatoms. The zero-order chi connectivity index (χ0) is 19.3. The molecule has 9 nitrogen and oxygen atoms in total. The predicted molar refractivity (Wildman–Crippen MR) is 102 cm³/mol. The summed E-state index contributed by atoms with van der Waals surface area (Å²) < 4.78 is 1.55. The Morgan fingerprint density at radius 2 is 2.04 bits per heavy atom. The Morgan fingerprint density at radius 3 is 2.75 bits per heavy atom. The number of hydrogen-bond donors (Lipinski definition) is 2. The van der Waals surface area contributed by atoms with Gasteiger partial charge in [-0.3, -0.25) is 9.59 Å². The number of likely N-dealkylation sites (tertiary alicyclic amines) is 1. The van der Waals surface area contributed by atoms with Crippen molar-refractivity contribution in [2.45, 2.75) is 31.7 Å². The number of hydrogen-bond acceptors (Lipinski definition) is 6. The lowest BCUT2D eigenvalue weighted by molar-refractivity contribution is -0.123. The maximum Gasteiger partial charge on any atom is 0.253 e. The molecule has 2 N–H and O–H groups in total. The first-order chi connectivity index (χ1) is 13.7. The van der Waals surface area contributed by atoms with E-state index in [1.807, 2.05) is 17.0 Å². The van der Waals surface area contributed by atoms with Crippen LogP contribution >= 0.6 is 0 Å². The second kappa shape index (κ2) is 8.47. The zero-order valence-corrected chi connectivity index (χ0v) is 15.8. The van der Waals surface area contributed by atoms with Crippen molar-refractivity contribution < 1.29 is 9.59 Å². The zero-order valence-electron chi connectivity index (χ0n) is 15.8. The third-order valence-electron chi connectivity index (χ3n) is 5.48. The molecule has 1 aromatic carbocycles. The number of tetrazole rings is 1. The van der Waals surface area contributed by atoms with Crippen LogP contribution in [0.25, 0.3) is 5.69 Å². The van der Waals surface area contributed by atoms with Crippen LogP contribution in [0.2, 0.25) is 0 Å². The maximum atomic E-state index is 12.9. The summed E-state index contributed by atoms with van der Waals surface area (Å²) in [5.74, 6) is 0.402. The smallest absolute Gasteiger partial charge is 0.253 e. The summed E-state index contributed by atoms with van der Waals surface area (Å²) in [7, 11) is 0. The van der Waals surface area contributed by atoms with Crippen LogP contribution in [0.4, 0.5) is 0 Å². The highest BCUT2D eigenvalue weighted by atomic mass is 16.2. The fraction of sp³-hybridized carbons (Fsp3) is 0.526. The summed E-state index contributed by atoms with van der Waals surface area (Å²) in [5, 5.41) is 17.3. The van der Waals surface area contributed by atoms with E-state index in [1.165, 1.54) is 6.33 Å². The monoisotopic (exact) mass is 383 g/mol. The molecule has 2 atom stereocenters. The average Bonchev–Trinajstić information content (AvgIpc) is 3.46. The first kappa shape index (κ1) is 18.5. The van der Waals surface area contributed by atoms with Crippen LogP contribution in [0.5, 0.6) is 0 Å². The predicted octanol–water partition coefficient (Wildman–Crippen LogP) is 0.383. The summed E-state index contributed by atoms with van der Waals surface area (Å²) in [6.45, 7) is 2.96. The van der Waals surface area contributed by atoms with Crippen molar-refractivity contribution in [3.63, 3.8) is 0 Å². The molecule has 2 amide bonds. The highest BCUT2D eigenvalue weighted by molar-refractivity contribution is 5.94. The van der Waals surface area contributed by atoms with Crippen molar-refractivity contribution >= 4 is 11.8 Å². The van der Waals surface area contributed by atoms with Gasteiger partial charge in [-0.1, -0.05) is 0 Å². The second-order valence-electron chi connectivity index (χ2n) is 7.45. The topological polar surface area (TPSA) is 105 Å². The summed E-state index contributed by atoms with van der Waals surface area (Å²) in [5.41, 5.74) is 1.46. The molecule has 0 aliphatic carbocycles. The van der Waals surface area contributed by atoms with Crippen LogP contribution in [-0.4, -0.2) is 69.1 Å². The molecule has 2 aromatic rings. The van der Waals surface area contributed by atoms with Gasteiger partial charge in [0.2, 0.25) is 5.91 Å². The van der Waals surface area contributed by atoms with E-state index in [4.69, 9.17) is 0 Å². The Bertz CT molecular complexity index is 800. The van der Waals surface area contributed by atoms with Crippen LogP contribution in [0.1, 0.15) is 36.0 Å². The van der Waals surface area contributed by atoms with E-state index < -0.39 is 0 Å². The molecule has 2 saturated heterocycles. The van der Waals surface area contributed by atoms with Gasteiger partial charge in [0, 0.05) is 25.2 Å². The van der Waals surface area contributed by atoms with Crippen molar-refractivity contribution in [1.82, 2.24) is 35.7 Å². The van der Waals surface area contributed by atoms with Crippen molar-refractivity contribution in [2.75, 3.05) is 26.2 Å². The number of nitrogens with zero attached hydrogens (tertiary/aromatic N) is 5. The first-order valence-corrected chi connectivity index (χ1v) is 9.84. The van der Waals surface area contributed by atoms with Gasteiger partial charge in [-0.15, -0.1) is 5.10 Å². The van der Waals surface area contributed by atoms with Gasteiger partial charge in [-0.2, -0.15) is 0 Å². The Morgan fingerprint density at radius 1 is 1.18 bits per heavy atom. The minimum atomic E-state index is -0.0555. The summed E-state index contributed by atoms with van der Waals surface area (Å²) in [4.78, 5) is 26.9. The van der Waals surface area contributed by atoms with Gasteiger partial charge in [0.15, 0.2) is 0 Å². The molecule has 4 rings (SSSR count). The molecule has 148 valence electrons. The number of piperidine rings is 1. The lowest BCUT2D eigenvalue weighted by Crippen LogP contribution is -2.46. The summed E-state index contributed by atoms with van der Waals surface area (Å²) >= 11 is 0. The molecule has 2 fully saturated rings.